The summed E-state index contributed by atoms with van der Waals surface area (Å²) >= 11 is 9.91. The van der Waals surface area contributed by atoms with Crippen molar-refractivity contribution in [1.29, 1.82) is 0 Å². The van der Waals surface area contributed by atoms with E-state index < -0.39 is 0 Å². The van der Waals surface area contributed by atoms with Gasteiger partial charge in [-0.25, -0.2) is 9.07 Å². The van der Waals surface area contributed by atoms with Crippen LogP contribution in [-0.4, -0.2) is 36.5 Å². The van der Waals surface area contributed by atoms with Gasteiger partial charge in [-0.3, -0.25) is 4.79 Å². The van der Waals surface area contributed by atoms with Gasteiger partial charge in [-0.05, 0) is 55.3 Å². The minimum Gasteiger partial charge on any atom is -0.493 e. The zero-order valence-electron chi connectivity index (χ0n) is 16.6. The molecule has 1 heterocycles. The molecule has 3 aromatic rings. The number of amides is 1. The minimum atomic E-state index is -0.363. The van der Waals surface area contributed by atoms with Crippen LogP contribution in [0.1, 0.15) is 21.6 Å². The minimum absolute atomic E-state index is 0.170. The number of hydrogen-bond acceptors (Lipinski definition) is 4. The highest BCUT2D eigenvalue weighted by Crippen LogP contribution is 2.33. The van der Waals surface area contributed by atoms with E-state index in [4.69, 9.17) is 21.1 Å². The first kappa shape index (κ1) is 22.1. The van der Waals surface area contributed by atoms with E-state index in [0.29, 0.717) is 35.8 Å². The number of halogens is 3. The first-order valence-corrected chi connectivity index (χ1v) is 10.2. The average Bonchev–Trinajstić information content (AvgIpc) is 3.03. The first-order chi connectivity index (χ1) is 14.3. The lowest BCUT2D eigenvalue weighted by Crippen LogP contribution is -2.26. The van der Waals surface area contributed by atoms with Crippen molar-refractivity contribution in [2.45, 2.75) is 13.3 Å². The highest BCUT2D eigenvalue weighted by molar-refractivity contribution is 9.10. The lowest BCUT2D eigenvalue weighted by molar-refractivity contribution is 0.0953. The van der Waals surface area contributed by atoms with Crippen molar-refractivity contribution in [2.24, 2.45) is 0 Å². The Balaban J connectivity index is 1.72. The Morgan fingerprint density at radius 3 is 2.47 bits per heavy atom. The van der Waals surface area contributed by atoms with Crippen LogP contribution in [-0.2, 0) is 6.42 Å². The molecule has 1 N–H and O–H groups in total. The van der Waals surface area contributed by atoms with E-state index in [1.807, 2.05) is 12.1 Å². The van der Waals surface area contributed by atoms with Crippen molar-refractivity contribution in [2.75, 3.05) is 20.8 Å². The molecule has 2 aromatic carbocycles. The Labute approximate surface area is 187 Å². The zero-order chi connectivity index (χ0) is 21.8. The van der Waals surface area contributed by atoms with Crippen LogP contribution >= 0.6 is 27.5 Å². The van der Waals surface area contributed by atoms with Crippen LogP contribution in [0.15, 0.2) is 40.9 Å². The Bertz CT molecular complexity index is 1070. The lowest BCUT2D eigenvalue weighted by Gasteiger charge is -2.12. The smallest absolute Gasteiger partial charge is 0.256 e. The van der Waals surface area contributed by atoms with Crippen LogP contribution in [0, 0.1) is 12.7 Å². The molecule has 30 heavy (non-hydrogen) atoms. The van der Waals surface area contributed by atoms with Crippen LogP contribution in [0.25, 0.3) is 5.69 Å². The molecule has 0 atom stereocenters. The predicted molar refractivity (Wildman–Crippen MR) is 117 cm³/mol. The fraction of sp³-hybridized carbons (Fsp3) is 0.238. The second kappa shape index (κ2) is 9.49. The second-order valence-electron chi connectivity index (χ2n) is 6.44. The molecule has 0 spiro atoms. The zero-order valence-corrected chi connectivity index (χ0v) is 19.0. The predicted octanol–water partition coefficient (Wildman–Crippen LogP) is 4.73. The summed E-state index contributed by atoms with van der Waals surface area (Å²) in [5.74, 6) is 0.537. The molecule has 3 rings (SSSR count). The third-order valence-electron chi connectivity index (χ3n) is 4.53. The van der Waals surface area contributed by atoms with Crippen molar-refractivity contribution in [3.63, 3.8) is 0 Å². The topological polar surface area (TPSA) is 65.4 Å². The number of methoxy groups -OCH3 is 2. The molecule has 0 aliphatic carbocycles. The van der Waals surface area contributed by atoms with Crippen LogP contribution in [0.3, 0.4) is 0 Å². The molecular formula is C21H20BrClFN3O3. The molecule has 0 saturated carbocycles. The maximum Gasteiger partial charge on any atom is 0.256 e. The van der Waals surface area contributed by atoms with Crippen molar-refractivity contribution >= 4 is 33.4 Å². The summed E-state index contributed by atoms with van der Waals surface area (Å²) in [5, 5.41) is 7.35. The molecule has 1 amide bonds. The lowest BCUT2D eigenvalue weighted by atomic mass is 10.1. The number of benzene rings is 2. The van der Waals surface area contributed by atoms with E-state index in [2.05, 4.69) is 26.3 Å². The van der Waals surface area contributed by atoms with Gasteiger partial charge in [0.15, 0.2) is 11.5 Å². The number of carbonyl (C=O) groups excluding carboxylic acids is 1. The molecule has 0 unspecified atom stereocenters. The van der Waals surface area contributed by atoms with E-state index in [1.165, 1.54) is 16.8 Å². The van der Waals surface area contributed by atoms with Crippen molar-refractivity contribution in [3.05, 3.63) is 68.7 Å². The molecule has 158 valence electrons. The van der Waals surface area contributed by atoms with Crippen LogP contribution in [0.2, 0.25) is 5.15 Å². The fourth-order valence-electron chi connectivity index (χ4n) is 3.00. The van der Waals surface area contributed by atoms with Gasteiger partial charge in [0.1, 0.15) is 11.0 Å². The molecule has 0 saturated heterocycles. The fourth-order valence-corrected chi connectivity index (χ4v) is 3.88. The maximum atomic E-state index is 13.2. The first-order valence-electron chi connectivity index (χ1n) is 9.05. The summed E-state index contributed by atoms with van der Waals surface area (Å²) in [6.45, 7) is 2.08. The number of aryl methyl sites for hydroxylation is 1. The summed E-state index contributed by atoms with van der Waals surface area (Å²) in [4.78, 5) is 12.7. The number of ether oxygens (including phenoxy) is 2. The Kier molecular flexibility index (Phi) is 6.99. The normalized spacial score (nSPS) is 10.7. The highest BCUT2D eigenvalue weighted by Gasteiger charge is 2.21. The van der Waals surface area contributed by atoms with E-state index in [-0.39, 0.29) is 22.4 Å². The molecule has 6 nitrogen and oxygen atoms in total. The van der Waals surface area contributed by atoms with Gasteiger partial charge in [0.2, 0.25) is 0 Å². The van der Waals surface area contributed by atoms with Gasteiger partial charge >= 0.3 is 0 Å². The van der Waals surface area contributed by atoms with Gasteiger partial charge in [-0.2, -0.15) is 5.10 Å². The third kappa shape index (κ3) is 4.60. The van der Waals surface area contributed by atoms with Crippen molar-refractivity contribution in [3.8, 4) is 17.2 Å². The average molecular weight is 497 g/mol. The van der Waals surface area contributed by atoms with Crippen LogP contribution < -0.4 is 14.8 Å². The van der Waals surface area contributed by atoms with Gasteiger partial charge in [0.05, 0.1) is 31.2 Å². The van der Waals surface area contributed by atoms with Gasteiger partial charge in [-0.1, -0.05) is 27.5 Å². The highest BCUT2D eigenvalue weighted by atomic mass is 79.9. The molecule has 0 radical (unpaired) electrons. The quantitative estimate of drug-likeness (QED) is 0.514. The van der Waals surface area contributed by atoms with E-state index in [0.717, 1.165) is 10.0 Å². The Morgan fingerprint density at radius 2 is 1.83 bits per heavy atom. The monoisotopic (exact) mass is 495 g/mol. The number of carbonyl (C=O) groups is 1. The van der Waals surface area contributed by atoms with E-state index >= 15 is 0 Å². The summed E-state index contributed by atoms with van der Waals surface area (Å²) in [5.41, 5.74) is 2.29. The van der Waals surface area contributed by atoms with Gasteiger partial charge < -0.3 is 14.8 Å². The van der Waals surface area contributed by atoms with Gasteiger partial charge in [-0.15, -0.1) is 0 Å². The number of aromatic nitrogens is 2. The Morgan fingerprint density at radius 1 is 1.20 bits per heavy atom. The van der Waals surface area contributed by atoms with Gasteiger partial charge in [0, 0.05) is 11.0 Å². The summed E-state index contributed by atoms with van der Waals surface area (Å²) in [7, 11) is 3.14. The SMILES string of the molecule is COc1cc(Br)c(CCNC(=O)c2c(C)nn(-c3ccc(F)cc3)c2Cl)cc1OC. The number of rotatable bonds is 7. The summed E-state index contributed by atoms with van der Waals surface area (Å²) < 4.78 is 26.0. The Hall–Kier alpha value is -2.58. The molecule has 1 aromatic heterocycles. The van der Waals surface area contributed by atoms with Crippen molar-refractivity contribution in [1.82, 2.24) is 15.1 Å². The number of nitrogens with zero attached hydrogens (tertiary/aromatic N) is 2. The van der Waals surface area contributed by atoms with Crippen molar-refractivity contribution < 1.29 is 18.7 Å². The number of nitrogens with one attached hydrogen (secondary N) is 1. The second-order valence-corrected chi connectivity index (χ2v) is 7.66. The largest absolute Gasteiger partial charge is 0.493 e. The van der Waals surface area contributed by atoms with Gasteiger partial charge in [0.25, 0.3) is 5.91 Å². The summed E-state index contributed by atoms with van der Waals surface area (Å²) in [6, 6.07) is 9.39. The summed E-state index contributed by atoms with van der Waals surface area (Å²) in [6.07, 6.45) is 0.565. The number of hydrogen-bond donors (Lipinski definition) is 1. The van der Waals surface area contributed by atoms with Crippen LogP contribution in [0.5, 0.6) is 11.5 Å². The molecule has 0 fully saturated rings. The molecule has 0 aliphatic rings. The van der Waals surface area contributed by atoms with Crippen LogP contribution in [0.4, 0.5) is 4.39 Å². The molecule has 0 bridgehead atoms. The molecular weight excluding hydrogens is 477 g/mol. The standard InChI is InChI=1S/C21H20BrClFN3O3/c1-12-19(20(23)27(26-12)15-6-4-14(24)5-7-15)21(28)25-9-8-13-10-17(29-2)18(30-3)11-16(13)22/h4-7,10-11H,8-9H2,1-3H3,(H,25,28). The third-order valence-corrected chi connectivity index (χ3v) is 5.62. The van der Waals surface area contributed by atoms with E-state index in [1.54, 1.807) is 33.3 Å². The molecule has 9 heteroatoms. The maximum absolute atomic E-state index is 13.2. The van der Waals surface area contributed by atoms with E-state index in [9.17, 15) is 9.18 Å². The molecule has 0 aliphatic heterocycles.